The van der Waals surface area contributed by atoms with E-state index in [0.717, 1.165) is 11.1 Å². The molecule has 5 N–H and O–H groups in total. The molecule has 0 unspecified atom stereocenters. The Morgan fingerprint density at radius 2 is 1.06 bits per heavy atom. The standard InChI is InChI=1S/C23H18Br2N2O5S.C23H17Br2NO7S/c24-15-5-8-21(19(11-15)23(29)30)26-22(28)18-12-17(6-7-20(18)25)33(31,32)27-16-9-13-3-1-2-4-14(13)10-16;24-14-2-5-19(17(10-14)23(28)29)26-22(27)16-11-15(3-4-18(16)25)34(30,31)12-13-1-6-20-21(9-13)33-8-7-32-20/h1-8,11-12,16,27H,9-10H2,(H,26,28)(H,29,30);1-6,9-11H,7-8,12H2,(H,26,27)(H,28,29). The second kappa shape index (κ2) is 20.8. The lowest BCUT2D eigenvalue weighted by atomic mass is 10.1. The molecule has 6 aromatic rings. The number of carbonyl (C=O) groups excluding carboxylic acids is 2. The molecule has 6 aromatic carbocycles. The van der Waals surface area contributed by atoms with Crippen molar-refractivity contribution in [1.29, 1.82) is 0 Å². The molecule has 0 spiro atoms. The van der Waals surface area contributed by atoms with Crippen LogP contribution in [0.1, 0.15) is 58.1 Å². The smallest absolute Gasteiger partial charge is 0.337 e. The lowest BCUT2D eigenvalue weighted by molar-refractivity contribution is 0.0686. The number of carboxylic acids is 2. The van der Waals surface area contributed by atoms with Crippen LogP contribution in [0.5, 0.6) is 11.5 Å². The number of anilines is 2. The van der Waals surface area contributed by atoms with E-state index in [9.17, 15) is 46.2 Å². The van der Waals surface area contributed by atoms with E-state index in [0.29, 0.717) is 61.0 Å². The minimum Gasteiger partial charge on any atom is -0.486 e. The minimum atomic E-state index is -3.89. The zero-order chi connectivity index (χ0) is 48.2. The first kappa shape index (κ1) is 49.5. The van der Waals surface area contributed by atoms with Gasteiger partial charge in [-0.15, -0.1) is 0 Å². The Hall–Kier alpha value is -5.42. The number of hydrogen-bond acceptors (Lipinski definition) is 10. The number of benzene rings is 6. The number of rotatable bonds is 12. The van der Waals surface area contributed by atoms with Gasteiger partial charge in [0.2, 0.25) is 10.0 Å². The number of carbonyl (C=O) groups is 4. The summed E-state index contributed by atoms with van der Waals surface area (Å²) < 4.78 is 67.8. The zero-order valence-electron chi connectivity index (χ0n) is 34.4. The Morgan fingerprint density at radius 1 is 0.567 bits per heavy atom. The molecule has 2 aliphatic rings. The Kier molecular flexibility index (Phi) is 15.4. The summed E-state index contributed by atoms with van der Waals surface area (Å²) in [5, 5.41) is 23.9. The number of hydrogen-bond donors (Lipinski definition) is 5. The fourth-order valence-corrected chi connectivity index (χ4v) is 11.3. The summed E-state index contributed by atoms with van der Waals surface area (Å²) in [6, 6.07) is 29.6. The maximum atomic E-state index is 13.1. The summed E-state index contributed by atoms with van der Waals surface area (Å²) in [6.07, 6.45) is 1.20. The van der Waals surface area contributed by atoms with E-state index in [1.807, 2.05) is 24.3 Å². The second-order valence-corrected chi connectivity index (χ2v) is 22.2. The number of halogens is 4. The number of carboxylic acid groups (broad SMARTS) is 2. The van der Waals surface area contributed by atoms with E-state index in [4.69, 9.17) is 9.47 Å². The average molecular weight is 1210 g/mol. The fraction of sp³-hybridized carbons (Fsp3) is 0.130. The van der Waals surface area contributed by atoms with E-state index in [1.54, 1.807) is 30.3 Å². The lowest BCUT2D eigenvalue weighted by Crippen LogP contribution is -2.35. The summed E-state index contributed by atoms with van der Waals surface area (Å²) >= 11 is 13.0. The summed E-state index contributed by atoms with van der Waals surface area (Å²) in [5.41, 5.74) is 2.82. The topological polar surface area (TPSA) is 232 Å². The van der Waals surface area contributed by atoms with Crippen molar-refractivity contribution in [2.45, 2.75) is 34.4 Å². The number of ether oxygens (including phenoxy) is 2. The maximum Gasteiger partial charge on any atom is 0.337 e. The third-order valence-corrected chi connectivity index (χ3v) is 15.9. The number of fused-ring (bicyclic) bond motifs is 2. The van der Waals surface area contributed by atoms with E-state index in [-0.39, 0.29) is 55.2 Å². The van der Waals surface area contributed by atoms with Gasteiger partial charge in [-0.25, -0.2) is 31.1 Å². The largest absolute Gasteiger partial charge is 0.486 e. The quantitative estimate of drug-likeness (QED) is 0.0771. The predicted octanol–water partition coefficient (Wildman–Crippen LogP) is 9.51. The van der Waals surface area contributed by atoms with Gasteiger partial charge in [-0.05, 0) is 146 Å². The van der Waals surface area contributed by atoms with Crippen LogP contribution in [0, 0.1) is 0 Å². The molecule has 0 fully saturated rings. The molecule has 67 heavy (non-hydrogen) atoms. The molecule has 346 valence electrons. The maximum absolute atomic E-state index is 13.1. The summed E-state index contributed by atoms with van der Waals surface area (Å²) in [6.45, 7) is 0.818. The molecule has 1 heterocycles. The van der Waals surface area contributed by atoms with Gasteiger partial charge in [-0.3, -0.25) is 9.59 Å². The van der Waals surface area contributed by atoms with Crippen molar-refractivity contribution in [3.63, 3.8) is 0 Å². The molecule has 0 aromatic heterocycles. The minimum absolute atomic E-state index is 0.0440. The van der Waals surface area contributed by atoms with Crippen molar-refractivity contribution in [2.24, 2.45) is 0 Å². The molecule has 0 atom stereocenters. The first-order valence-corrected chi connectivity index (χ1v) is 26.1. The van der Waals surface area contributed by atoms with Crippen LogP contribution in [0.15, 0.2) is 143 Å². The van der Waals surface area contributed by atoms with Crippen molar-refractivity contribution in [2.75, 3.05) is 23.8 Å². The Labute approximate surface area is 417 Å². The summed E-state index contributed by atoms with van der Waals surface area (Å²) in [7, 11) is -7.70. The molecule has 0 radical (unpaired) electrons. The molecule has 21 heteroatoms. The molecule has 1 aliphatic carbocycles. The first-order chi connectivity index (χ1) is 31.8. The highest BCUT2D eigenvalue weighted by atomic mass is 79.9. The van der Waals surface area contributed by atoms with Crippen LogP contribution in [-0.4, -0.2) is 70.1 Å². The first-order valence-electron chi connectivity index (χ1n) is 19.8. The molecule has 0 saturated heterocycles. The van der Waals surface area contributed by atoms with Crippen LogP contribution in [0.4, 0.5) is 11.4 Å². The second-order valence-electron chi connectivity index (χ2n) is 14.9. The molecular weight excluding hydrogens is 1170 g/mol. The van der Waals surface area contributed by atoms with Gasteiger partial charge >= 0.3 is 11.9 Å². The van der Waals surface area contributed by atoms with Crippen LogP contribution in [0.2, 0.25) is 0 Å². The Balaban J connectivity index is 0.000000199. The lowest BCUT2D eigenvalue weighted by Gasteiger charge is -2.19. The van der Waals surface area contributed by atoms with Crippen LogP contribution in [-0.2, 0) is 38.5 Å². The number of sulfone groups is 1. The van der Waals surface area contributed by atoms with Gasteiger partial charge in [-0.2, -0.15) is 0 Å². The van der Waals surface area contributed by atoms with Crippen molar-refractivity contribution in [3.05, 3.63) is 172 Å². The van der Waals surface area contributed by atoms with Gasteiger partial charge in [0.05, 0.1) is 49.2 Å². The third-order valence-electron chi connectivity index (χ3n) is 10.3. The molecule has 8 rings (SSSR count). The molecule has 15 nitrogen and oxygen atoms in total. The highest BCUT2D eigenvalue weighted by molar-refractivity contribution is 9.11. The predicted molar refractivity (Wildman–Crippen MR) is 263 cm³/mol. The number of amides is 2. The van der Waals surface area contributed by atoms with Gasteiger partial charge in [0.25, 0.3) is 11.8 Å². The number of sulfonamides is 1. The number of aromatic carboxylic acids is 2. The van der Waals surface area contributed by atoms with Gasteiger partial charge in [0.15, 0.2) is 21.3 Å². The van der Waals surface area contributed by atoms with Gasteiger partial charge in [0, 0.05) is 23.9 Å². The summed E-state index contributed by atoms with van der Waals surface area (Å²) in [5.74, 6) is -2.98. The third kappa shape index (κ3) is 12.0. The van der Waals surface area contributed by atoms with E-state index >= 15 is 0 Å². The SMILES string of the molecule is O=C(Nc1ccc(Br)cc1C(=O)O)c1cc(S(=O)(=O)Cc2ccc3c(c2)OCCO3)ccc1Br.O=C(Nc1ccc(Br)cc1C(=O)O)c1cc(S(=O)(=O)NC2Cc3ccccc3C2)ccc1Br. The van der Waals surface area contributed by atoms with E-state index < -0.39 is 43.6 Å². The van der Waals surface area contributed by atoms with Crippen LogP contribution < -0.4 is 24.8 Å². The normalized spacial score (nSPS) is 13.1. The fourth-order valence-electron chi connectivity index (χ4n) is 7.11. The average Bonchev–Trinajstić information content (AvgIpc) is 3.69. The van der Waals surface area contributed by atoms with Gasteiger partial charge in [0.1, 0.15) is 13.2 Å². The van der Waals surface area contributed by atoms with E-state index in [1.165, 1.54) is 60.7 Å². The Bertz CT molecular complexity index is 3180. The highest BCUT2D eigenvalue weighted by Crippen LogP contribution is 2.33. The zero-order valence-corrected chi connectivity index (χ0v) is 42.4. The van der Waals surface area contributed by atoms with Crippen molar-refractivity contribution >= 4 is 119 Å². The molecule has 1 aliphatic heterocycles. The van der Waals surface area contributed by atoms with Crippen molar-refractivity contribution < 1.29 is 55.7 Å². The summed E-state index contributed by atoms with van der Waals surface area (Å²) in [4.78, 5) is 48.8. The molecular formula is C46H35Br4N3O12S2. The molecule has 2 amide bonds. The monoisotopic (exact) mass is 1200 g/mol. The van der Waals surface area contributed by atoms with Crippen LogP contribution >= 0.6 is 63.7 Å². The van der Waals surface area contributed by atoms with Crippen molar-refractivity contribution in [1.82, 2.24) is 4.72 Å². The van der Waals surface area contributed by atoms with Crippen molar-refractivity contribution in [3.8, 4) is 11.5 Å². The van der Waals surface area contributed by atoms with Gasteiger partial charge < -0.3 is 30.3 Å². The molecule has 0 bridgehead atoms. The van der Waals surface area contributed by atoms with Gasteiger partial charge in [-0.1, -0.05) is 62.2 Å². The van der Waals surface area contributed by atoms with Crippen LogP contribution in [0.3, 0.4) is 0 Å². The van der Waals surface area contributed by atoms with Crippen LogP contribution in [0.25, 0.3) is 0 Å². The highest BCUT2D eigenvalue weighted by Gasteiger charge is 2.28. The Morgan fingerprint density at radius 3 is 1.58 bits per heavy atom. The molecule has 0 saturated carbocycles. The van der Waals surface area contributed by atoms with E-state index in [2.05, 4.69) is 79.1 Å². The number of nitrogens with one attached hydrogen (secondary N) is 3.